The fraction of sp³-hybridized carbons (Fsp3) is 0.438. The van der Waals surface area contributed by atoms with Gasteiger partial charge in [-0.2, -0.15) is 0 Å². The summed E-state index contributed by atoms with van der Waals surface area (Å²) in [4.78, 5) is 78.3. The number of nitrogens with two attached hydrogens (primary N) is 1. The number of hydrogen-bond acceptors (Lipinski definition) is 6. The maximum atomic E-state index is 13.6. The molecule has 0 radical (unpaired) electrons. The van der Waals surface area contributed by atoms with E-state index in [0.29, 0.717) is 12.8 Å². The van der Waals surface area contributed by atoms with Crippen molar-refractivity contribution in [1.82, 2.24) is 20.9 Å². The number of carbonyl (C=O) groups is 6. The third kappa shape index (κ3) is 10.2. The molecule has 1 aliphatic heterocycles. The van der Waals surface area contributed by atoms with Crippen molar-refractivity contribution in [3.8, 4) is 0 Å². The maximum absolute atomic E-state index is 13.6. The lowest BCUT2D eigenvalue weighted by Gasteiger charge is -2.29. The molecule has 2 aromatic rings. The third-order valence-corrected chi connectivity index (χ3v) is 7.34. The number of benzene rings is 2. The quantitative estimate of drug-likeness (QED) is 0.199. The fourth-order valence-corrected chi connectivity index (χ4v) is 5.23. The van der Waals surface area contributed by atoms with Crippen LogP contribution < -0.4 is 21.7 Å². The van der Waals surface area contributed by atoms with Crippen LogP contribution in [-0.2, 0) is 41.6 Å². The summed E-state index contributed by atoms with van der Waals surface area (Å²) in [7, 11) is 0. The summed E-state index contributed by atoms with van der Waals surface area (Å²) in [5.41, 5.74) is 6.99. The second-order valence-corrected chi connectivity index (χ2v) is 11.4. The number of amides is 5. The number of primary amides is 1. The molecule has 12 heteroatoms. The number of likely N-dealkylation sites (tertiary alicyclic amines) is 1. The molecule has 0 aromatic heterocycles. The molecule has 3 rings (SSSR count). The maximum Gasteiger partial charge on any atom is 0.305 e. The van der Waals surface area contributed by atoms with Gasteiger partial charge in [-0.15, -0.1) is 0 Å². The summed E-state index contributed by atoms with van der Waals surface area (Å²) in [6.07, 6.45) is 0.547. The van der Waals surface area contributed by atoms with E-state index in [2.05, 4.69) is 16.0 Å². The van der Waals surface area contributed by atoms with E-state index in [4.69, 9.17) is 5.73 Å². The first-order valence-corrected chi connectivity index (χ1v) is 14.7. The molecule has 4 unspecified atom stereocenters. The third-order valence-electron chi connectivity index (χ3n) is 7.34. The van der Waals surface area contributed by atoms with Crippen molar-refractivity contribution in [2.75, 3.05) is 6.54 Å². The molecule has 1 aliphatic rings. The molecule has 1 heterocycles. The highest BCUT2D eigenvalue weighted by Gasteiger charge is 2.38. The van der Waals surface area contributed by atoms with Crippen molar-refractivity contribution in [2.24, 2.45) is 11.7 Å². The molecule has 0 saturated carbocycles. The van der Waals surface area contributed by atoms with E-state index in [1.54, 1.807) is 54.6 Å². The first kappa shape index (κ1) is 33.8. The number of nitrogens with zero attached hydrogens (tertiary/aromatic N) is 1. The Morgan fingerprint density at radius 3 is 1.98 bits per heavy atom. The van der Waals surface area contributed by atoms with E-state index in [0.717, 1.165) is 11.1 Å². The first-order chi connectivity index (χ1) is 20.9. The fourth-order valence-electron chi connectivity index (χ4n) is 5.23. The van der Waals surface area contributed by atoms with Crippen LogP contribution in [0.2, 0.25) is 0 Å². The van der Waals surface area contributed by atoms with Crippen molar-refractivity contribution in [3.63, 3.8) is 0 Å². The molecule has 236 valence electrons. The van der Waals surface area contributed by atoms with E-state index in [-0.39, 0.29) is 31.7 Å². The lowest BCUT2D eigenvalue weighted by molar-refractivity contribution is -0.143. The van der Waals surface area contributed by atoms with Crippen molar-refractivity contribution < 1.29 is 33.9 Å². The second-order valence-electron chi connectivity index (χ2n) is 11.4. The Labute approximate surface area is 256 Å². The zero-order valence-corrected chi connectivity index (χ0v) is 25.0. The monoisotopic (exact) mass is 607 g/mol. The van der Waals surface area contributed by atoms with Crippen molar-refractivity contribution in [1.29, 1.82) is 0 Å². The van der Waals surface area contributed by atoms with Crippen LogP contribution in [0, 0.1) is 5.92 Å². The van der Waals surface area contributed by atoms with E-state index in [9.17, 15) is 33.9 Å². The molecule has 6 N–H and O–H groups in total. The van der Waals surface area contributed by atoms with Crippen molar-refractivity contribution in [2.45, 2.75) is 76.5 Å². The van der Waals surface area contributed by atoms with E-state index < -0.39 is 66.1 Å². The largest absolute Gasteiger partial charge is 0.481 e. The summed E-state index contributed by atoms with van der Waals surface area (Å²) < 4.78 is 0. The van der Waals surface area contributed by atoms with Gasteiger partial charge in [0.1, 0.15) is 24.2 Å². The Kier molecular flexibility index (Phi) is 12.4. The van der Waals surface area contributed by atoms with Crippen LogP contribution in [0.1, 0.15) is 50.7 Å². The van der Waals surface area contributed by atoms with Gasteiger partial charge in [0.2, 0.25) is 29.5 Å². The predicted octanol–water partition coefficient (Wildman–Crippen LogP) is 0.923. The minimum absolute atomic E-state index is 0.0129. The lowest BCUT2D eigenvalue weighted by Crippen LogP contribution is -2.59. The standard InChI is InChI=1S/C32H41N5O7/c1-20(2)16-23(34-27(38)18-22-12-7-4-8-13-22)30(42)35-24(19-28(39)40)31(43)36-25(17-21-10-5-3-6-11-21)32(44)37-15-9-14-26(37)29(33)41/h3-8,10-13,20,23-26H,9,14-19H2,1-2H3,(H2,33,41)(H,34,38)(H,35,42)(H,36,43)(H,39,40). The number of hydrogen-bond donors (Lipinski definition) is 5. The Morgan fingerprint density at radius 1 is 0.841 bits per heavy atom. The van der Waals surface area contributed by atoms with Gasteiger partial charge in [0.15, 0.2) is 0 Å². The average Bonchev–Trinajstić information content (AvgIpc) is 3.47. The lowest BCUT2D eigenvalue weighted by atomic mass is 10.0. The zero-order valence-electron chi connectivity index (χ0n) is 25.0. The molecule has 2 aromatic carbocycles. The average molecular weight is 608 g/mol. The predicted molar refractivity (Wildman–Crippen MR) is 162 cm³/mol. The van der Waals surface area contributed by atoms with Gasteiger partial charge >= 0.3 is 5.97 Å². The minimum Gasteiger partial charge on any atom is -0.481 e. The molecular weight excluding hydrogens is 566 g/mol. The Hall–Kier alpha value is -4.74. The van der Waals surface area contributed by atoms with Crippen LogP contribution in [0.15, 0.2) is 60.7 Å². The highest BCUT2D eigenvalue weighted by molar-refractivity contribution is 5.97. The van der Waals surface area contributed by atoms with Crippen LogP contribution in [-0.4, -0.2) is 76.2 Å². The number of nitrogens with one attached hydrogen (secondary N) is 3. The van der Waals surface area contributed by atoms with E-state index >= 15 is 0 Å². The highest BCUT2D eigenvalue weighted by Crippen LogP contribution is 2.19. The highest BCUT2D eigenvalue weighted by atomic mass is 16.4. The first-order valence-electron chi connectivity index (χ1n) is 14.7. The second kappa shape index (κ2) is 16.2. The Balaban J connectivity index is 1.79. The Morgan fingerprint density at radius 2 is 1.41 bits per heavy atom. The number of rotatable bonds is 15. The molecule has 0 spiro atoms. The van der Waals surface area contributed by atoms with E-state index in [1.807, 2.05) is 19.9 Å². The molecule has 1 saturated heterocycles. The van der Waals surface area contributed by atoms with E-state index in [1.165, 1.54) is 4.90 Å². The molecule has 44 heavy (non-hydrogen) atoms. The summed E-state index contributed by atoms with van der Waals surface area (Å²) in [6, 6.07) is 13.3. The van der Waals surface area contributed by atoms with Crippen LogP contribution >= 0.6 is 0 Å². The molecule has 1 fully saturated rings. The number of carboxylic acids is 1. The number of carboxylic acid groups (broad SMARTS) is 1. The topological polar surface area (TPSA) is 188 Å². The smallest absolute Gasteiger partial charge is 0.305 e. The van der Waals surface area contributed by atoms with Gasteiger partial charge in [-0.05, 0) is 36.3 Å². The van der Waals surface area contributed by atoms with Crippen LogP contribution in [0.25, 0.3) is 0 Å². The molecule has 4 atom stereocenters. The van der Waals surface area contributed by atoms with Gasteiger partial charge in [-0.1, -0.05) is 74.5 Å². The summed E-state index contributed by atoms with van der Waals surface area (Å²) >= 11 is 0. The molecular formula is C32H41N5O7. The van der Waals surface area contributed by atoms with Gasteiger partial charge < -0.3 is 31.7 Å². The molecule has 12 nitrogen and oxygen atoms in total. The van der Waals surface area contributed by atoms with Gasteiger partial charge in [0.25, 0.3) is 0 Å². The molecule has 0 aliphatic carbocycles. The minimum atomic E-state index is -1.54. The SMILES string of the molecule is CC(C)CC(NC(=O)Cc1ccccc1)C(=O)NC(CC(=O)O)C(=O)NC(Cc1ccccc1)C(=O)N1CCCC1C(N)=O. The van der Waals surface area contributed by atoms with Gasteiger partial charge in [0.05, 0.1) is 12.8 Å². The van der Waals surface area contributed by atoms with Gasteiger partial charge in [-0.3, -0.25) is 28.8 Å². The van der Waals surface area contributed by atoms with Crippen LogP contribution in [0.5, 0.6) is 0 Å². The molecule has 0 bridgehead atoms. The summed E-state index contributed by atoms with van der Waals surface area (Å²) in [5, 5.41) is 17.4. The molecule has 5 amide bonds. The summed E-state index contributed by atoms with van der Waals surface area (Å²) in [6.45, 7) is 4.01. The van der Waals surface area contributed by atoms with Gasteiger partial charge in [0, 0.05) is 13.0 Å². The van der Waals surface area contributed by atoms with Crippen molar-refractivity contribution >= 4 is 35.5 Å². The van der Waals surface area contributed by atoms with Crippen molar-refractivity contribution in [3.05, 3.63) is 71.8 Å². The number of aliphatic carboxylic acids is 1. The number of carbonyl (C=O) groups excluding carboxylic acids is 5. The van der Waals surface area contributed by atoms with Crippen LogP contribution in [0.4, 0.5) is 0 Å². The summed E-state index contributed by atoms with van der Waals surface area (Å²) in [5.74, 6) is -4.56. The zero-order chi connectivity index (χ0) is 32.2. The Bertz CT molecular complexity index is 1320. The van der Waals surface area contributed by atoms with Crippen LogP contribution in [0.3, 0.4) is 0 Å². The normalized spacial score (nSPS) is 16.4. The van der Waals surface area contributed by atoms with Gasteiger partial charge in [-0.25, -0.2) is 0 Å².